The van der Waals surface area contributed by atoms with E-state index in [-0.39, 0.29) is 23.1 Å². The number of non-ortho nitro benzene ring substituents is 1. The lowest BCUT2D eigenvalue weighted by Crippen LogP contribution is -2.15. The van der Waals surface area contributed by atoms with E-state index in [2.05, 4.69) is 10.3 Å². The zero-order valence-corrected chi connectivity index (χ0v) is 16.1. The summed E-state index contributed by atoms with van der Waals surface area (Å²) in [5.74, 6) is 0.108. The Morgan fingerprint density at radius 1 is 1.29 bits per heavy atom. The summed E-state index contributed by atoms with van der Waals surface area (Å²) < 4.78 is 7.06. The van der Waals surface area contributed by atoms with Gasteiger partial charge in [-0.05, 0) is 11.6 Å². The van der Waals surface area contributed by atoms with Crippen LogP contribution in [-0.2, 0) is 11.8 Å². The van der Waals surface area contributed by atoms with Crippen LogP contribution in [0.4, 0.5) is 11.4 Å². The van der Waals surface area contributed by atoms with Gasteiger partial charge >= 0.3 is 0 Å². The third-order valence-electron chi connectivity index (χ3n) is 4.02. The fraction of sp³-hybridized carbons (Fsp3) is 0.158. The molecule has 1 aromatic heterocycles. The van der Waals surface area contributed by atoms with Crippen LogP contribution in [0.3, 0.4) is 0 Å². The van der Waals surface area contributed by atoms with Gasteiger partial charge in [-0.1, -0.05) is 42.1 Å². The van der Waals surface area contributed by atoms with Crippen LogP contribution >= 0.6 is 11.8 Å². The molecular formula is C19H18N4O4S. The molecule has 0 aliphatic carbocycles. The van der Waals surface area contributed by atoms with Gasteiger partial charge in [-0.2, -0.15) is 0 Å². The van der Waals surface area contributed by atoms with Crippen LogP contribution in [0.2, 0.25) is 0 Å². The number of aromatic nitrogens is 2. The van der Waals surface area contributed by atoms with Crippen molar-refractivity contribution in [2.75, 3.05) is 18.2 Å². The van der Waals surface area contributed by atoms with Gasteiger partial charge in [0.25, 0.3) is 5.69 Å². The molecule has 1 amide bonds. The molecule has 0 radical (unpaired) electrons. The second-order valence-corrected chi connectivity index (χ2v) is 6.77. The maximum absolute atomic E-state index is 12.3. The normalized spacial score (nSPS) is 10.5. The van der Waals surface area contributed by atoms with Gasteiger partial charge in [0, 0.05) is 13.1 Å². The molecule has 1 N–H and O–H groups in total. The Kier molecular flexibility index (Phi) is 5.95. The van der Waals surface area contributed by atoms with Crippen molar-refractivity contribution in [1.29, 1.82) is 0 Å². The lowest BCUT2D eigenvalue weighted by molar-refractivity contribution is -0.384. The minimum atomic E-state index is -0.518. The van der Waals surface area contributed by atoms with Crippen molar-refractivity contribution in [1.82, 2.24) is 9.55 Å². The number of nitro groups is 1. The molecule has 0 aliphatic heterocycles. The highest BCUT2D eigenvalue weighted by Crippen LogP contribution is 2.29. The molecule has 0 bridgehead atoms. The second-order valence-electron chi connectivity index (χ2n) is 5.83. The Bertz CT molecular complexity index is 1000. The SMILES string of the molecule is COc1cc([N+](=O)[O-])ccc1NC(=O)CSc1ncc(-c2ccccc2)n1C. The van der Waals surface area contributed by atoms with Gasteiger partial charge in [-0.25, -0.2) is 4.98 Å². The molecule has 8 nitrogen and oxygen atoms in total. The summed E-state index contributed by atoms with van der Waals surface area (Å²) in [5, 5.41) is 14.3. The molecule has 28 heavy (non-hydrogen) atoms. The number of carbonyl (C=O) groups is 1. The predicted molar refractivity (Wildman–Crippen MR) is 108 cm³/mol. The molecule has 0 spiro atoms. The number of thioether (sulfide) groups is 1. The van der Waals surface area contributed by atoms with Crippen molar-refractivity contribution >= 4 is 29.0 Å². The van der Waals surface area contributed by atoms with Crippen LogP contribution in [0.5, 0.6) is 5.75 Å². The molecule has 0 fully saturated rings. The monoisotopic (exact) mass is 398 g/mol. The largest absolute Gasteiger partial charge is 0.494 e. The van der Waals surface area contributed by atoms with E-state index in [0.29, 0.717) is 10.8 Å². The zero-order valence-electron chi connectivity index (χ0n) is 15.3. The first kappa shape index (κ1) is 19.4. The molecule has 0 unspecified atom stereocenters. The first-order valence-corrected chi connectivity index (χ1v) is 9.30. The number of nitrogens with zero attached hydrogens (tertiary/aromatic N) is 3. The standard InChI is InChI=1S/C19H18N4O4S/c1-22-16(13-6-4-3-5-7-13)11-20-19(22)28-12-18(24)21-15-9-8-14(23(25)26)10-17(15)27-2/h3-11H,12H2,1-2H3,(H,21,24). The smallest absolute Gasteiger partial charge is 0.273 e. The maximum atomic E-state index is 12.3. The molecule has 0 saturated heterocycles. The van der Waals surface area contributed by atoms with Crippen LogP contribution < -0.4 is 10.1 Å². The van der Waals surface area contributed by atoms with E-state index in [1.54, 1.807) is 6.20 Å². The van der Waals surface area contributed by atoms with E-state index in [1.165, 1.54) is 37.1 Å². The lowest BCUT2D eigenvalue weighted by Gasteiger charge is -2.10. The molecule has 2 aromatic carbocycles. The Balaban J connectivity index is 1.65. The van der Waals surface area contributed by atoms with Gasteiger partial charge in [-0.3, -0.25) is 14.9 Å². The van der Waals surface area contributed by atoms with Gasteiger partial charge in [0.05, 0.1) is 41.4 Å². The minimum absolute atomic E-state index is 0.106. The van der Waals surface area contributed by atoms with Crippen LogP contribution in [0.25, 0.3) is 11.3 Å². The first-order valence-electron chi connectivity index (χ1n) is 8.32. The van der Waals surface area contributed by atoms with Crippen molar-refractivity contribution in [2.24, 2.45) is 7.05 Å². The van der Waals surface area contributed by atoms with Gasteiger partial charge in [0.1, 0.15) is 5.75 Å². The van der Waals surface area contributed by atoms with E-state index in [9.17, 15) is 14.9 Å². The molecule has 144 valence electrons. The van der Waals surface area contributed by atoms with Crippen molar-refractivity contribution in [3.05, 3.63) is 64.8 Å². The van der Waals surface area contributed by atoms with Crippen molar-refractivity contribution < 1.29 is 14.5 Å². The van der Waals surface area contributed by atoms with E-state index in [1.807, 2.05) is 41.9 Å². The number of benzene rings is 2. The number of carbonyl (C=O) groups excluding carboxylic acids is 1. The number of hydrogen-bond acceptors (Lipinski definition) is 6. The summed E-state index contributed by atoms with van der Waals surface area (Å²) in [7, 11) is 3.29. The van der Waals surface area contributed by atoms with E-state index in [0.717, 1.165) is 11.3 Å². The average Bonchev–Trinajstić information content (AvgIpc) is 3.07. The molecule has 3 aromatic rings. The fourth-order valence-electron chi connectivity index (χ4n) is 2.62. The molecule has 3 rings (SSSR count). The number of ether oxygens (including phenoxy) is 1. The maximum Gasteiger partial charge on any atom is 0.273 e. The second kappa shape index (κ2) is 8.57. The highest BCUT2D eigenvalue weighted by Gasteiger charge is 2.15. The van der Waals surface area contributed by atoms with Crippen molar-refractivity contribution in [3.8, 4) is 17.0 Å². The molecule has 0 aliphatic rings. The average molecular weight is 398 g/mol. The lowest BCUT2D eigenvalue weighted by atomic mass is 10.2. The zero-order chi connectivity index (χ0) is 20.1. The molecular weight excluding hydrogens is 380 g/mol. The Morgan fingerprint density at radius 3 is 2.71 bits per heavy atom. The van der Waals surface area contributed by atoms with Crippen LogP contribution in [0, 0.1) is 10.1 Å². The predicted octanol–water partition coefficient (Wildman–Crippen LogP) is 3.73. The summed E-state index contributed by atoms with van der Waals surface area (Å²) in [6, 6.07) is 13.9. The minimum Gasteiger partial charge on any atom is -0.494 e. The Labute approximate surface area is 165 Å². The summed E-state index contributed by atoms with van der Waals surface area (Å²) >= 11 is 1.30. The summed E-state index contributed by atoms with van der Waals surface area (Å²) in [5.41, 5.74) is 2.28. The van der Waals surface area contributed by atoms with Crippen molar-refractivity contribution in [3.63, 3.8) is 0 Å². The summed E-state index contributed by atoms with van der Waals surface area (Å²) in [6.07, 6.45) is 1.77. The number of rotatable bonds is 7. The van der Waals surface area contributed by atoms with Crippen LogP contribution in [0.1, 0.15) is 0 Å². The van der Waals surface area contributed by atoms with Gasteiger partial charge in [0.15, 0.2) is 5.16 Å². The van der Waals surface area contributed by atoms with E-state index in [4.69, 9.17) is 4.74 Å². The fourth-order valence-corrected chi connectivity index (χ4v) is 3.37. The number of nitrogens with one attached hydrogen (secondary N) is 1. The topological polar surface area (TPSA) is 99.3 Å². The summed E-state index contributed by atoms with van der Waals surface area (Å²) in [4.78, 5) is 27.0. The van der Waals surface area contributed by atoms with E-state index >= 15 is 0 Å². The highest BCUT2D eigenvalue weighted by atomic mass is 32.2. The number of anilines is 1. The van der Waals surface area contributed by atoms with Gasteiger partial charge in [0.2, 0.25) is 5.91 Å². The van der Waals surface area contributed by atoms with E-state index < -0.39 is 4.92 Å². The third kappa shape index (κ3) is 4.32. The number of methoxy groups -OCH3 is 1. The highest BCUT2D eigenvalue weighted by molar-refractivity contribution is 7.99. The van der Waals surface area contributed by atoms with Gasteiger partial charge < -0.3 is 14.6 Å². The molecule has 9 heteroatoms. The van der Waals surface area contributed by atoms with Crippen LogP contribution in [-0.4, -0.2) is 33.2 Å². The molecule has 0 saturated carbocycles. The molecule has 1 heterocycles. The van der Waals surface area contributed by atoms with Crippen LogP contribution in [0.15, 0.2) is 59.9 Å². The molecule has 0 atom stereocenters. The summed E-state index contributed by atoms with van der Waals surface area (Å²) in [6.45, 7) is 0. The number of amides is 1. The Morgan fingerprint density at radius 2 is 2.04 bits per heavy atom. The number of imidazole rings is 1. The van der Waals surface area contributed by atoms with Crippen molar-refractivity contribution in [2.45, 2.75) is 5.16 Å². The Hall–Kier alpha value is -3.33. The van der Waals surface area contributed by atoms with Gasteiger partial charge in [-0.15, -0.1) is 0 Å². The number of nitro benzene ring substituents is 1. The number of hydrogen-bond donors (Lipinski definition) is 1. The third-order valence-corrected chi connectivity index (χ3v) is 5.06. The first-order chi connectivity index (χ1) is 13.5. The quantitative estimate of drug-likeness (QED) is 0.370.